The Hall–Kier alpha value is -3.26. The van der Waals surface area contributed by atoms with Gasteiger partial charge in [0.15, 0.2) is 19.9 Å². The molecule has 0 aliphatic carbocycles. The van der Waals surface area contributed by atoms with Gasteiger partial charge < -0.3 is 23.4 Å². The van der Waals surface area contributed by atoms with Crippen LogP contribution in [0.25, 0.3) is 0 Å². The lowest BCUT2D eigenvalue weighted by atomic mass is 9.97. The summed E-state index contributed by atoms with van der Waals surface area (Å²) in [5.41, 5.74) is 2.17. The molecule has 0 saturated carbocycles. The van der Waals surface area contributed by atoms with Gasteiger partial charge in [0, 0.05) is 13.1 Å². The molecule has 9 heteroatoms. The van der Waals surface area contributed by atoms with Crippen molar-refractivity contribution in [3.8, 4) is 0 Å². The highest BCUT2D eigenvalue weighted by Gasteiger charge is 2.53. The lowest BCUT2D eigenvalue weighted by Crippen LogP contribution is -2.68. The maximum Gasteiger partial charge on any atom is 0.261 e. The van der Waals surface area contributed by atoms with Gasteiger partial charge in [-0.05, 0) is 58.5 Å². The Bertz CT molecular complexity index is 1710. The van der Waals surface area contributed by atoms with E-state index in [1.807, 2.05) is 62.4 Å². The quantitative estimate of drug-likeness (QED) is 0.115. The summed E-state index contributed by atoms with van der Waals surface area (Å²) in [5, 5.41) is 14.9. The lowest BCUT2D eigenvalue weighted by molar-refractivity contribution is -0.162. The fourth-order valence-electron chi connectivity index (χ4n) is 7.32. The number of ether oxygens (including phenoxy) is 2. The van der Waals surface area contributed by atoms with Crippen LogP contribution in [0.4, 0.5) is 0 Å². The van der Waals surface area contributed by atoms with E-state index in [0.29, 0.717) is 13.1 Å². The minimum absolute atomic E-state index is 0.0941. The van der Waals surface area contributed by atoms with Crippen LogP contribution in [0, 0.1) is 0 Å². The molecule has 0 aromatic heterocycles. The molecule has 0 bridgehead atoms. The molecule has 0 spiro atoms. The average Bonchev–Trinajstić information content (AvgIpc) is 3.51. The molecule has 4 aromatic rings. The lowest BCUT2D eigenvalue weighted by Gasteiger charge is -2.47. The Labute approximate surface area is 332 Å². The first-order valence-corrected chi connectivity index (χ1v) is 24.4. The number of aliphatic hydroxyl groups excluding tert-OH is 1. The van der Waals surface area contributed by atoms with Crippen molar-refractivity contribution in [1.29, 1.82) is 0 Å². The Balaban J connectivity index is 1.69. The number of Topliss-reactive ketones (excluding diaryl/α,β-unsaturated/α-hetero) is 1. The summed E-state index contributed by atoms with van der Waals surface area (Å²) in [5.74, 6) is -1.23. The monoisotopic (exact) mass is 781 g/mol. The largest absolute Gasteiger partial charge is 0.406 e. The van der Waals surface area contributed by atoms with Gasteiger partial charge in [-0.3, -0.25) is 9.69 Å². The molecule has 55 heavy (non-hydrogen) atoms. The highest BCUT2D eigenvalue weighted by atomic mass is 28.4. The second-order valence-electron chi connectivity index (χ2n) is 17.9. The summed E-state index contributed by atoms with van der Waals surface area (Å²) >= 11 is 0. The molecule has 1 N–H and O–H groups in total. The predicted molar refractivity (Wildman–Crippen MR) is 227 cm³/mol. The average molecular weight is 782 g/mol. The molecule has 1 fully saturated rings. The summed E-state index contributed by atoms with van der Waals surface area (Å²) in [4.78, 5) is 17.1. The van der Waals surface area contributed by atoms with Gasteiger partial charge in [0.1, 0.15) is 18.3 Å². The summed E-state index contributed by atoms with van der Waals surface area (Å²) in [7, 11) is -5.70. The van der Waals surface area contributed by atoms with E-state index in [-0.39, 0.29) is 29.1 Å². The molecular weight excluding hydrogens is 719 g/mol. The zero-order valence-corrected chi connectivity index (χ0v) is 36.6. The molecule has 0 amide bonds. The van der Waals surface area contributed by atoms with Crippen molar-refractivity contribution in [2.75, 3.05) is 13.2 Å². The summed E-state index contributed by atoms with van der Waals surface area (Å²) < 4.78 is 26.7. The smallest absolute Gasteiger partial charge is 0.261 e. The van der Waals surface area contributed by atoms with Crippen molar-refractivity contribution >= 4 is 32.8 Å². The van der Waals surface area contributed by atoms with E-state index in [1.165, 1.54) is 0 Å². The van der Waals surface area contributed by atoms with Crippen molar-refractivity contribution in [1.82, 2.24) is 4.90 Å². The van der Waals surface area contributed by atoms with Gasteiger partial charge in [-0.15, -0.1) is 0 Å². The van der Waals surface area contributed by atoms with E-state index >= 15 is 0 Å². The zero-order chi connectivity index (χ0) is 40.1. The molecule has 0 unspecified atom stereocenters. The maximum atomic E-state index is 14.8. The van der Waals surface area contributed by atoms with Crippen LogP contribution in [-0.2, 0) is 36.2 Å². The van der Waals surface area contributed by atoms with Crippen LogP contribution in [-0.4, -0.2) is 75.8 Å². The fourth-order valence-corrected chi connectivity index (χ4v) is 13.1. The highest BCUT2D eigenvalue weighted by molar-refractivity contribution is 6.99. The standard InChI is InChI=1S/C46H63NO6Si2/c1-44(2,3)54(9,10)53-43(42(49)40-34-50-46(7,8)52-40)41(48)39(47(31-35-23-15-11-16-24-35)32-36-25-17-12-18-26-36)33-51-55(45(4,5)6,37-27-19-13-20-28-37)38-29-21-14-22-30-38/h11-30,39-41,43,48H,31-34H2,1-10H3/t39-,40-,41-,43+/m0/s1. The molecule has 1 aliphatic rings. The van der Waals surface area contributed by atoms with Crippen molar-refractivity contribution in [2.45, 2.75) is 122 Å². The minimum atomic E-state index is -3.07. The van der Waals surface area contributed by atoms with Gasteiger partial charge in [0.05, 0.1) is 19.3 Å². The third-order valence-corrected chi connectivity index (χ3v) is 20.8. The van der Waals surface area contributed by atoms with E-state index in [1.54, 1.807) is 0 Å². The molecule has 0 radical (unpaired) electrons. The first-order valence-electron chi connectivity index (χ1n) is 19.6. The molecule has 5 rings (SSSR count). The van der Waals surface area contributed by atoms with Crippen LogP contribution < -0.4 is 10.4 Å². The van der Waals surface area contributed by atoms with Crippen molar-refractivity contribution in [3.63, 3.8) is 0 Å². The Morgan fingerprint density at radius 1 is 0.764 bits per heavy atom. The molecule has 1 aliphatic heterocycles. The Morgan fingerprint density at radius 2 is 1.20 bits per heavy atom. The molecular formula is C46H63NO6Si2. The van der Waals surface area contributed by atoms with Gasteiger partial charge in [-0.25, -0.2) is 0 Å². The molecule has 1 heterocycles. The number of nitrogens with zero attached hydrogens (tertiary/aromatic N) is 1. The number of carbonyl (C=O) groups is 1. The van der Waals surface area contributed by atoms with E-state index in [4.69, 9.17) is 18.3 Å². The van der Waals surface area contributed by atoms with Crippen LogP contribution in [0.3, 0.4) is 0 Å². The fraction of sp³-hybridized carbons (Fsp3) is 0.457. The van der Waals surface area contributed by atoms with Crippen molar-refractivity contribution in [2.24, 2.45) is 0 Å². The van der Waals surface area contributed by atoms with Crippen LogP contribution in [0.2, 0.25) is 23.2 Å². The summed E-state index contributed by atoms with van der Waals surface area (Å²) in [6.45, 7) is 22.3. The third kappa shape index (κ3) is 10.2. The number of rotatable bonds is 16. The molecule has 296 valence electrons. The van der Waals surface area contributed by atoms with Gasteiger partial charge in [-0.2, -0.15) is 0 Å². The van der Waals surface area contributed by atoms with Gasteiger partial charge in [-0.1, -0.05) is 163 Å². The molecule has 4 aromatic carbocycles. The van der Waals surface area contributed by atoms with Crippen LogP contribution in [0.1, 0.15) is 66.5 Å². The number of benzene rings is 4. The Kier molecular flexibility index (Phi) is 13.6. The van der Waals surface area contributed by atoms with Crippen LogP contribution >= 0.6 is 0 Å². The minimum Gasteiger partial charge on any atom is -0.406 e. The first kappa shape index (κ1) is 42.9. The first-order chi connectivity index (χ1) is 25.8. The van der Waals surface area contributed by atoms with E-state index in [2.05, 4.69) is 132 Å². The number of ketones is 1. The summed E-state index contributed by atoms with van der Waals surface area (Å²) in [6.07, 6.45) is -3.35. The van der Waals surface area contributed by atoms with E-state index < -0.39 is 46.8 Å². The van der Waals surface area contributed by atoms with Gasteiger partial charge in [0.25, 0.3) is 8.32 Å². The number of hydrogen-bond acceptors (Lipinski definition) is 7. The highest BCUT2D eigenvalue weighted by Crippen LogP contribution is 2.40. The third-order valence-electron chi connectivity index (χ3n) is 11.4. The molecule has 7 nitrogen and oxygen atoms in total. The Morgan fingerprint density at radius 3 is 1.58 bits per heavy atom. The maximum absolute atomic E-state index is 14.8. The van der Waals surface area contributed by atoms with Gasteiger partial charge in [0.2, 0.25) is 0 Å². The normalized spacial score (nSPS) is 18.2. The SMILES string of the molecule is CC1(C)OC[C@@H](C(=O)[C@H](O[Si](C)(C)C(C)(C)C)[C@@H](O)[C@H](CO[Si](c2ccccc2)(c2ccccc2)C(C)(C)C)N(Cc2ccccc2)Cc2ccccc2)O1. The summed E-state index contributed by atoms with van der Waals surface area (Å²) in [6, 6.07) is 41.0. The predicted octanol–water partition coefficient (Wildman–Crippen LogP) is 8.11. The van der Waals surface area contributed by atoms with Crippen molar-refractivity contribution < 1.29 is 28.2 Å². The molecule has 1 saturated heterocycles. The van der Waals surface area contributed by atoms with Gasteiger partial charge >= 0.3 is 0 Å². The van der Waals surface area contributed by atoms with E-state index in [0.717, 1.165) is 21.5 Å². The molecule has 4 atom stereocenters. The topological polar surface area (TPSA) is 77.5 Å². The second kappa shape index (κ2) is 17.5. The zero-order valence-electron chi connectivity index (χ0n) is 34.6. The van der Waals surface area contributed by atoms with Crippen molar-refractivity contribution in [3.05, 3.63) is 132 Å². The van der Waals surface area contributed by atoms with Crippen LogP contribution in [0.5, 0.6) is 0 Å². The van der Waals surface area contributed by atoms with Crippen LogP contribution in [0.15, 0.2) is 121 Å². The van der Waals surface area contributed by atoms with E-state index in [9.17, 15) is 9.90 Å². The number of aliphatic hydroxyl groups is 1. The number of carbonyl (C=O) groups excluding carboxylic acids is 1. The number of hydrogen-bond donors (Lipinski definition) is 1. The second-order valence-corrected chi connectivity index (χ2v) is 27.0.